The highest BCUT2D eigenvalue weighted by molar-refractivity contribution is 5.98. The molecule has 100 valence electrons. The zero-order chi connectivity index (χ0) is 13.9. The van der Waals surface area contributed by atoms with E-state index in [1.54, 1.807) is 6.07 Å². The Morgan fingerprint density at radius 1 is 1.05 bits per heavy atom. The van der Waals surface area contributed by atoms with Gasteiger partial charge >= 0.3 is 0 Å². The number of fused-ring (bicyclic) bond motifs is 1. The molecule has 2 aromatic carbocycles. The van der Waals surface area contributed by atoms with Gasteiger partial charge in [0.1, 0.15) is 12.5 Å². The van der Waals surface area contributed by atoms with Crippen LogP contribution in [-0.2, 0) is 6.54 Å². The van der Waals surface area contributed by atoms with Crippen molar-refractivity contribution in [1.82, 2.24) is 0 Å². The van der Waals surface area contributed by atoms with Crippen LogP contribution in [0.5, 0.6) is 0 Å². The van der Waals surface area contributed by atoms with Gasteiger partial charge in [0.25, 0.3) is 5.69 Å². The van der Waals surface area contributed by atoms with Gasteiger partial charge in [-0.1, -0.05) is 30.3 Å². The van der Waals surface area contributed by atoms with Crippen LogP contribution in [0.4, 0.5) is 11.4 Å². The Morgan fingerprint density at radius 2 is 1.80 bits per heavy atom. The van der Waals surface area contributed by atoms with Gasteiger partial charge in [-0.3, -0.25) is 10.1 Å². The summed E-state index contributed by atoms with van der Waals surface area (Å²) in [4.78, 5) is 10.5. The molecule has 1 heterocycles. The molecule has 3 rings (SSSR count). The Balaban J connectivity index is 1.91. The predicted octanol–water partition coefficient (Wildman–Crippen LogP) is 3.95. The molecule has 20 heavy (non-hydrogen) atoms. The van der Waals surface area contributed by atoms with Crippen LogP contribution in [0.2, 0.25) is 0 Å². The van der Waals surface area contributed by atoms with Crippen molar-refractivity contribution in [2.24, 2.45) is 0 Å². The maximum Gasteiger partial charge on any atom is 0.280 e. The van der Waals surface area contributed by atoms with Crippen molar-refractivity contribution in [2.45, 2.75) is 6.54 Å². The molecule has 0 saturated heterocycles. The number of hydrogen-bond donors (Lipinski definition) is 1. The van der Waals surface area contributed by atoms with Crippen LogP contribution in [-0.4, -0.2) is 4.92 Å². The van der Waals surface area contributed by atoms with Gasteiger partial charge < -0.3 is 9.73 Å². The molecule has 1 aromatic heterocycles. The van der Waals surface area contributed by atoms with Crippen LogP contribution in [0.15, 0.2) is 59.4 Å². The molecule has 0 fully saturated rings. The molecule has 5 nitrogen and oxygen atoms in total. The first-order chi connectivity index (χ1) is 9.75. The molecule has 0 aliphatic heterocycles. The van der Waals surface area contributed by atoms with Crippen molar-refractivity contribution in [3.8, 4) is 0 Å². The number of rotatable bonds is 4. The summed E-state index contributed by atoms with van der Waals surface area (Å²) in [6.07, 6.45) is 2.93. The quantitative estimate of drug-likeness (QED) is 0.574. The molecular formula is C15H12N2O3. The van der Waals surface area contributed by atoms with Crippen LogP contribution < -0.4 is 5.32 Å². The first-order valence-electron chi connectivity index (χ1n) is 6.17. The molecule has 1 N–H and O–H groups in total. The highest BCUT2D eigenvalue weighted by Crippen LogP contribution is 2.32. The lowest BCUT2D eigenvalue weighted by molar-refractivity contribution is -0.383. The highest BCUT2D eigenvalue weighted by Gasteiger charge is 2.15. The smallest absolute Gasteiger partial charge is 0.280 e. The average molecular weight is 268 g/mol. The van der Waals surface area contributed by atoms with Crippen LogP contribution in [0, 0.1) is 10.1 Å². The van der Waals surface area contributed by atoms with E-state index in [-0.39, 0.29) is 5.69 Å². The standard InChI is InChI=1S/C15H12N2O3/c18-17(19)15-7-6-14(12-9-20-10-13(12)15)16-8-11-4-2-1-3-5-11/h1-7,9-10,16H,8H2. The monoisotopic (exact) mass is 268 g/mol. The molecule has 5 heteroatoms. The van der Waals surface area contributed by atoms with E-state index >= 15 is 0 Å². The summed E-state index contributed by atoms with van der Waals surface area (Å²) in [6.45, 7) is 0.652. The number of nitro benzene ring substituents is 1. The third-order valence-electron chi connectivity index (χ3n) is 3.16. The second-order valence-corrected chi connectivity index (χ2v) is 4.43. The van der Waals surface area contributed by atoms with Crippen LogP contribution in [0.25, 0.3) is 10.8 Å². The molecular weight excluding hydrogens is 256 g/mol. The Morgan fingerprint density at radius 3 is 2.55 bits per heavy atom. The zero-order valence-corrected chi connectivity index (χ0v) is 10.6. The number of anilines is 1. The minimum Gasteiger partial charge on any atom is -0.471 e. The Kier molecular flexibility index (Phi) is 3.09. The normalized spacial score (nSPS) is 10.6. The van der Waals surface area contributed by atoms with Crippen LogP contribution in [0.3, 0.4) is 0 Å². The van der Waals surface area contributed by atoms with E-state index in [2.05, 4.69) is 5.32 Å². The van der Waals surface area contributed by atoms with E-state index in [1.807, 2.05) is 30.3 Å². The fourth-order valence-electron chi connectivity index (χ4n) is 2.15. The summed E-state index contributed by atoms with van der Waals surface area (Å²) in [6, 6.07) is 13.1. The lowest BCUT2D eigenvalue weighted by Gasteiger charge is -2.07. The highest BCUT2D eigenvalue weighted by atomic mass is 16.6. The minimum absolute atomic E-state index is 0.0546. The van der Waals surface area contributed by atoms with Crippen molar-refractivity contribution < 1.29 is 9.34 Å². The molecule has 0 spiro atoms. The van der Waals surface area contributed by atoms with Crippen molar-refractivity contribution in [2.75, 3.05) is 5.32 Å². The molecule has 0 aliphatic carbocycles. The SMILES string of the molecule is O=[N+]([O-])c1ccc(NCc2ccccc2)c2cocc12. The fraction of sp³-hybridized carbons (Fsp3) is 0.0667. The Bertz CT molecular complexity index is 750. The average Bonchev–Trinajstić information content (AvgIpc) is 2.95. The summed E-state index contributed by atoms with van der Waals surface area (Å²) >= 11 is 0. The third-order valence-corrected chi connectivity index (χ3v) is 3.16. The second kappa shape index (κ2) is 5.05. The van der Waals surface area contributed by atoms with Crippen molar-refractivity contribution in [1.29, 1.82) is 0 Å². The first kappa shape index (κ1) is 12.2. The zero-order valence-electron chi connectivity index (χ0n) is 10.6. The Hall–Kier alpha value is -2.82. The van der Waals surface area contributed by atoms with Gasteiger partial charge in [-0.2, -0.15) is 0 Å². The number of benzene rings is 2. The summed E-state index contributed by atoms with van der Waals surface area (Å²) < 4.78 is 5.10. The number of non-ortho nitro benzene ring substituents is 1. The topological polar surface area (TPSA) is 68.3 Å². The third kappa shape index (κ3) is 2.21. The van der Waals surface area contributed by atoms with Crippen molar-refractivity contribution >= 4 is 22.1 Å². The summed E-state index contributed by atoms with van der Waals surface area (Å²) in [7, 11) is 0. The lowest BCUT2D eigenvalue weighted by atomic mass is 10.1. The largest absolute Gasteiger partial charge is 0.471 e. The van der Waals surface area contributed by atoms with Crippen LogP contribution in [0.1, 0.15) is 5.56 Å². The second-order valence-electron chi connectivity index (χ2n) is 4.43. The van der Waals surface area contributed by atoms with E-state index in [4.69, 9.17) is 4.42 Å². The van der Waals surface area contributed by atoms with Gasteiger partial charge in [-0.25, -0.2) is 0 Å². The number of nitro groups is 1. The number of hydrogen-bond acceptors (Lipinski definition) is 4. The van der Waals surface area contributed by atoms with Gasteiger partial charge in [0.2, 0.25) is 0 Å². The molecule has 0 unspecified atom stereocenters. The van der Waals surface area contributed by atoms with Gasteiger partial charge in [0.15, 0.2) is 0 Å². The van der Waals surface area contributed by atoms with Crippen molar-refractivity contribution in [3.63, 3.8) is 0 Å². The molecule has 3 aromatic rings. The van der Waals surface area contributed by atoms with E-state index in [9.17, 15) is 10.1 Å². The van der Waals surface area contributed by atoms with E-state index in [0.29, 0.717) is 11.9 Å². The molecule has 0 aliphatic rings. The Labute approximate surface area is 115 Å². The number of furan rings is 1. The first-order valence-corrected chi connectivity index (χ1v) is 6.17. The lowest BCUT2D eigenvalue weighted by Crippen LogP contribution is -2.00. The summed E-state index contributed by atoms with van der Waals surface area (Å²) in [5.41, 5.74) is 2.02. The van der Waals surface area contributed by atoms with E-state index < -0.39 is 4.92 Å². The summed E-state index contributed by atoms with van der Waals surface area (Å²) in [5.74, 6) is 0. The van der Waals surface area contributed by atoms with Gasteiger partial charge in [-0.05, 0) is 11.6 Å². The molecule has 0 bridgehead atoms. The van der Waals surface area contributed by atoms with E-state index in [1.165, 1.54) is 18.6 Å². The van der Waals surface area contributed by atoms with E-state index in [0.717, 1.165) is 16.6 Å². The fourth-order valence-corrected chi connectivity index (χ4v) is 2.15. The number of nitrogens with zero attached hydrogens (tertiary/aromatic N) is 1. The maximum absolute atomic E-state index is 10.9. The molecule has 0 amide bonds. The number of nitrogens with one attached hydrogen (secondary N) is 1. The maximum atomic E-state index is 10.9. The predicted molar refractivity (Wildman–Crippen MR) is 76.6 cm³/mol. The van der Waals surface area contributed by atoms with Gasteiger partial charge in [-0.15, -0.1) is 0 Å². The summed E-state index contributed by atoms with van der Waals surface area (Å²) in [5, 5.41) is 15.4. The molecule has 0 radical (unpaired) electrons. The minimum atomic E-state index is -0.404. The van der Waals surface area contributed by atoms with Crippen LogP contribution >= 0.6 is 0 Å². The van der Waals surface area contributed by atoms with Crippen molar-refractivity contribution in [3.05, 3.63) is 70.7 Å². The molecule has 0 atom stereocenters. The van der Waals surface area contributed by atoms with Gasteiger partial charge in [0, 0.05) is 18.3 Å². The molecule has 0 saturated carbocycles. The van der Waals surface area contributed by atoms with Gasteiger partial charge in [0.05, 0.1) is 15.7 Å².